The molecule has 0 saturated carbocycles. The van der Waals surface area contributed by atoms with Crippen molar-refractivity contribution in [2.24, 2.45) is 5.92 Å². The second-order valence-corrected chi connectivity index (χ2v) is 2.40. The molecule has 0 N–H and O–H groups in total. The van der Waals surface area contributed by atoms with Crippen molar-refractivity contribution in [3.05, 3.63) is 23.8 Å². The second-order valence-electron chi connectivity index (χ2n) is 2.40. The van der Waals surface area contributed by atoms with E-state index in [1.54, 1.807) is 0 Å². The molecule has 0 radical (unpaired) electrons. The topological polar surface area (TPSA) is 17.1 Å². The Kier molecular flexibility index (Phi) is 1.83. The minimum absolute atomic E-state index is 0.134. The van der Waals surface area contributed by atoms with E-state index in [1.807, 2.05) is 25.2 Å². The Balaban J connectivity index is 2.61. The van der Waals surface area contributed by atoms with Crippen molar-refractivity contribution in [3.63, 3.8) is 0 Å². The average Bonchev–Trinajstić information content (AvgIpc) is 1.88. The van der Waals surface area contributed by atoms with Gasteiger partial charge in [-0.2, -0.15) is 0 Å². The van der Waals surface area contributed by atoms with Crippen LogP contribution in [0.5, 0.6) is 0 Å². The molecule has 48 valence electrons. The van der Waals surface area contributed by atoms with E-state index in [2.05, 4.69) is 0 Å². The highest BCUT2D eigenvalue weighted by molar-refractivity contribution is 5.58. The van der Waals surface area contributed by atoms with E-state index in [0.29, 0.717) is 0 Å². The lowest BCUT2D eigenvalue weighted by Crippen LogP contribution is -2.00. The maximum atomic E-state index is 10.2. The normalized spacial score (nSPS) is 25.4. The Morgan fingerprint density at radius 2 is 2.56 bits per heavy atom. The summed E-state index contributed by atoms with van der Waals surface area (Å²) in [5.41, 5.74) is 1.29. The smallest absolute Gasteiger partial charge is 0.127 e. The molecule has 1 unspecified atom stereocenters. The zero-order chi connectivity index (χ0) is 6.69. The van der Waals surface area contributed by atoms with Gasteiger partial charge in [0.05, 0.1) is 0 Å². The van der Waals surface area contributed by atoms with Crippen molar-refractivity contribution in [1.82, 2.24) is 0 Å². The van der Waals surface area contributed by atoms with E-state index in [0.717, 1.165) is 12.7 Å². The van der Waals surface area contributed by atoms with Crippen molar-refractivity contribution < 1.29 is 4.79 Å². The summed E-state index contributed by atoms with van der Waals surface area (Å²) in [5.74, 6) is 0.134. The van der Waals surface area contributed by atoms with Gasteiger partial charge in [0, 0.05) is 5.92 Å². The van der Waals surface area contributed by atoms with Gasteiger partial charge in [-0.15, -0.1) is 0 Å². The van der Waals surface area contributed by atoms with Gasteiger partial charge < -0.3 is 4.79 Å². The highest BCUT2D eigenvalue weighted by Gasteiger charge is 2.05. The van der Waals surface area contributed by atoms with E-state index in [9.17, 15) is 4.79 Å². The summed E-state index contributed by atoms with van der Waals surface area (Å²) < 4.78 is 0. The van der Waals surface area contributed by atoms with Crippen LogP contribution >= 0.6 is 0 Å². The minimum Gasteiger partial charge on any atom is -0.303 e. The molecule has 1 aliphatic carbocycles. The Morgan fingerprint density at radius 3 is 3.00 bits per heavy atom. The van der Waals surface area contributed by atoms with E-state index in [1.165, 1.54) is 5.57 Å². The molecule has 0 aromatic heterocycles. The van der Waals surface area contributed by atoms with Crippen LogP contribution in [0.15, 0.2) is 23.8 Å². The maximum absolute atomic E-state index is 10.2. The SMILES string of the molecule is CC1=CC=CC(C=O)C1. The van der Waals surface area contributed by atoms with Crippen LogP contribution in [-0.4, -0.2) is 6.29 Å². The molecule has 0 aromatic carbocycles. The third kappa shape index (κ3) is 1.53. The summed E-state index contributed by atoms with van der Waals surface area (Å²) >= 11 is 0. The lowest BCUT2D eigenvalue weighted by atomic mass is 9.97. The van der Waals surface area contributed by atoms with Crippen molar-refractivity contribution in [2.45, 2.75) is 13.3 Å². The first kappa shape index (κ1) is 6.27. The molecule has 1 aliphatic rings. The summed E-state index contributed by atoms with van der Waals surface area (Å²) in [4.78, 5) is 10.2. The third-order valence-electron chi connectivity index (χ3n) is 1.47. The van der Waals surface area contributed by atoms with Crippen LogP contribution in [-0.2, 0) is 4.79 Å². The monoisotopic (exact) mass is 122 g/mol. The quantitative estimate of drug-likeness (QED) is 0.484. The molecule has 0 heterocycles. The molecule has 1 nitrogen and oxygen atoms in total. The van der Waals surface area contributed by atoms with Crippen LogP contribution in [0.3, 0.4) is 0 Å². The van der Waals surface area contributed by atoms with Crippen LogP contribution in [0.4, 0.5) is 0 Å². The Hall–Kier alpha value is -0.850. The number of carbonyl (C=O) groups excluding carboxylic acids is 1. The van der Waals surface area contributed by atoms with Gasteiger partial charge in [-0.1, -0.05) is 23.8 Å². The molecule has 1 rings (SSSR count). The maximum Gasteiger partial charge on any atom is 0.127 e. The van der Waals surface area contributed by atoms with E-state index in [4.69, 9.17) is 0 Å². The van der Waals surface area contributed by atoms with Crippen molar-refractivity contribution in [3.8, 4) is 0 Å². The molecule has 0 aliphatic heterocycles. The molecular weight excluding hydrogens is 112 g/mol. The Labute approximate surface area is 55.1 Å². The van der Waals surface area contributed by atoms with Gasteiger partial charge in [-0.3, -0.25) is 0 Å². The lowest BCUT2D eigenvalue weighted by Gasteiger charge is -2.07. The molecule has 0 fully saturated rings. The summed E-state index contributed by atoms with van der Waals surface area (Å²) in [6.07, 6.45) is 7.81. The largest absolute Gasteiger partial charge is 0.303 e. The number of carbonyl (C=O) groups is 1. The predicted octanol–water partition coefficient (Wildman–Crippen LogP) is 1.71. The van der Waals surface area contributed by atoms with E-state index < -0.39 is 0 Å². The molecule has 0 spiro atoms. The predicted molar refractivity (Wildman–Crippen MR) is 37.1 cm³/mol. The van der Waals surface area contributed by atoms with Crippen LogP contribution < -0.4 is 0 Å². The first-order valence-electron chi connectivity index (χ1n) is 3.12. The number of aldehydes is 1. The summed E-state index contributed by atoms with van der Waals surface area (Å²) in [7, 11) is 0. The second kappa shape index (κ2) is 2.62. The molecular formula is C8H10O. The third-order valence-corrected chi connectivity index (χ3v) is 1.47. The van der Waals surface area contributed by atoms with Crippen molar-refractivity contribution in [1.29, 1.82) is 0 Å². The molecule has 0 aromatic rings. The van der Waals surface area contributed by atoms with Crippen LogP contribution in [0.1, 0.15) is 13.3 Å². The Bertz CT molecular complexity index is 165. The Morgan fingerprint density at radius 1 is 1.78 bits per heavy atom. The highest BCUT2D eigenvalue weighted by atomic mass is 16.1. The van der Waals surface area contributed by atoms with Gasteiger partial charge in [0.1, 0.15) is 6.29 Å². The van der Waals surface area contributed by atoms with E-state index >= 15 is 0 Å². The highest BCUT2D eigenvalue weighted by Crippen LogP contribution is 2.15. The minimum atomic E-state index is 0.134. The van der Waals surface area contributed by atoms with Crippen LogP contribution in [0.2, 0.25) is 0 Å². The molecule has 0 saturated heterocycles. The van der Waals surface area contributed by atoms with Crippen molar-refractivity contribution in [2.75, 3.05) is 0 Å². The van der Waals surface area contributed by atoms with Crippen LogP contribution in [0.25, 0.3) is 0 Å². The number of hydrogen-bond acceptors (Lipinski definition) is 1. The molecule has 9 heavy (non-hydrogen) atoms. The molecule has 0 amide bonds. The average molecular weight is 122 g/mol. The molecule has 1 atom stereocenters. The molecule has 1 heteroatoms. The van der Waals surface area contributed by atoms with Gasteiger partial charge in [0.15, 0.2) is 0 Å². The van der Waals surface area contributed by atoms with Gasteiger partial charge in [0.25, 0.3) is 0 Å². The van der Waals surface area contributed by atoms with Crippen molar-refractivity contribution >= 4 is 6.29 Å². The van der Waals surface area contributed by atoms with Crippen LogP contribution in [0, 0.1) is 5.92 Å². The van der Waals surface area contributed by atoms with Gasteiger partial charge in [-0.05, 0) is 13.3 Å². The zero-order valence-electron chi connectivity index (χ0n) is 5.50. The van der Waals surface area contributed by atoms with E-state index in [-0.39, 0.29) is 5.92 Å². The number of allylic oxidation sites excluding steroid dienone is 4. The lowest BCUT2D eigenvalue weighted by molar-refractivity contribution is -0.109. The standard InChI is InChI=1S/C8H10O/c1-7-3-2-4-8(5-7)6-9/h2-4,6,8H,5H2,1H3. The number of hydrogen-bond donors (Lipinski definition) is 0. The van der Waals surface area contributed by atoms with Gasteiger partial charge in [-0.25, -0.2) is 0 Å². The molecule has 0 bridgehead atoms. The summed E-state index contributed by atoms with van der Waals surface area (Å²) in [6.45, 7) is 2.04. The number of rotatable bonds is 1. The summed E-state index contributed by atoms with van der Waals surface area (Å²) in [5, 5.41) is 0. The first-order chi connectivity index (χ1) is 4.33. The van der Waals surface area contributed by atoms with Gasteiger partial charge in [0.2, 0.25) is 0 Å². The fourth-order valence-corrected chi connectivity index (χ4v) is 0.964. The first-order valence-corrected chi connectivity index (χ1v) is 3.12. The van der Waals surface area contributed by atoms with Gasteiger partial charge >= 0.3 is 0 Å². The zero-order valence-corrected chi connectivity index (χ0v) is 5.50. The fraction of sp³-hybridized carbons (Fsp3) is 0.375. The fourth-order valence-electron chi connectivity index (χ4n) is 0.964. The summed E-state index contributed by atoms with van der Waals surface area (Å²) in [6, 6.07) is 0.